The molecule has 0 aliphatic rings. The highest BCUT2D eigenvalue weighted by atomic mass is 32.2. The van der Waals surface area contributed by atoms with Crippen molar-refractivity contribution in [2.45, 2.75) is 25.5 Å². The number of hydrogen-bond acceptors (Lipinski definition) is 3. The molecule has 0 heterocycles. The molecule has 0 amide bonds. The lowest BCUT2D eigenvalue weighted by molar-refractivity contribution is 0.158. The molecule has 3 heteroatoms. The van der Waals surface area contributed by atoms with Crippen LogP contribution in [0.25, 0.3) is 0 Å². The predicted molar refractivity (Wildman–Crippen MR) is 57.4 cm³/mol. The molecule has 72 valence electrons. The molecule has 0 atom stereocenters. The minimum Gasteiger partial charge on any atom is -0.379 e. The van der Waals surface area contributed by atoms with Crippen LogP contribution >= 0.6 is 11.8 Å². The maximum atomic E-state index is 5.31. The Kier molecular flexibility index (Phi) is 6.48. The fourth-order valence-corrected chi connectivity index (χ4v) is 1.45. The van der Waals surface area contributed by atoms with Crippen LogP contribution in [0.15, 0.2) is 4.99 Å². The summed E-state index contributed by atoms with van der Waals surface area (Å²) >= 11 is 1.92. The van der Waals surface area contributed by atoms with Gasteiger partial charge in [-0.1, -0.05) is 20.8 Å². The van der Waals surface area contributed by atoms with Crippen molar-refractivity contribution in [1.29, 1.82) is 0 Å². The van der Waals surface area contributed by atoms with Crippen molar-refractivity contribution in [3.8, 4) is 0 Å². The number of ether oxygens (including phenoxy) is 1. The molecule has 0 saturated carbocycles. The predicted octanol–water partition coefficient (Wildman–Crippen LogP) is 2.24. The molecule has 0 rings (SSSR count). The van der Waals surface area contributed by atoms with Gasteiger partial charge in [-0.3, -0.25) is 4.99 Å². The highest BCUT2D eigenvalue weighted by Crippen LogP contribution is 2.22. The Morgan fingerprint density at radius 1 is 1.33 bits per heavy atom. The third-order valence-electron chi connectivity index (χ3n) is 1.16. The Labute approximate surface area is 79.8 Å². The van der Waals surface area contributed by atoms with Gasteiger partial charge in [0.2, 0.25) is 0 Å². The summed E-state index contributed by atoms with van der Waals surface area (Å²) in [5, 5.41) is 0. The molecule has 0 aromatic carbocycles. The van der Waals surface area contributed by atoms with Gasteiger partial charge in [0.25, 0.3) is 0 Å². The number of nitrogens with zero attached hydrogens (tertiary/aromatic N) is 1. The lowest BCUT2D eigenvalue weighted by Crippen LogP contribution is -2.11. The number of rotatable bonds is 6. The normalized spacial score (nSPS) is 11.6. The first-order chi connectivity index (χ1) is 5.56. The van der Waals surface area contributed by atoms with Crippen molar-refractivity contribution < 1.29 is 4.74 Å². The monoisotopic (exact) mass is 189 g/mol. The summed E-state index contributed by atoms with van der Waals surface area (Å²) in [5.74, 6) is 1.06. The molecule has 0 saturated heterocycles. The molecule has 0 spiro atoms. The Bertz CT molecular complexity index is 120. The van der Waals surface area contributed by atoms with Gasteiger partial charge in [0, 0.05) is 10.5 Å². The summed E-state index contributed by atoms with van der Waals surface area (Å²) in [7, 11) is 0. The molecule has 0 aliphatic carbocycles. The van der Waals surface area contributed by atoms with E-state index >= 15 is 0 Å². The summed E-state index contributed by atoms with van der Waals surface area (Å²) in [4.78, 5) is 3.70. The maximum absolute atomic E-state index is 5.31. The number of aliphatic imine (C=N–C) groups is 1. The van der Waals surface area contributed by atoms with Crippen LogP contribution < -0.4 is 0 Å². The van der Waals surface area contributed by atoms with E-state index in [-0.39, 0.29) is 0 Å². The van der Waals surface area contributed by atoms with Crippen LogP contribution in [0.1, 0.15) is 20.8 Å². The first kappa shape index (κ1) is 12.0. The van der Waals surface area contributed by atoms with Gasteiger partial charge in [0.05, 0.1) is 19.8 Å². The van der Waals surface area contributed by atoms with Crippen molar-refractivity contribution in [3.05, 3.63) is 0 Å². The number of hydrogen-bond donors (Lipinski definition) is 0. The van der Waals surface area contributed by atoms with E-state index in [2.05, 4.69) is 32.5 Å². The standard InChI is InChI=1S/C9H19NOS/c1-9(2,3)12-8-7-11-6-5-10-4/h4-8H2,1-3H3. The van der Waals surface area contributed by atoms with Gasteiger partial charge in [0.1, 0.15) is 0 Å². The van der Waals surface area contributed by atoms with Crippen molar-refractivity contribution in [2.75, 3.05) is 25.5 Å². The summed E-state index contributed by atoms with van der Waals surface area (Å²) in [5.41, 5.74) is 0. The van der Waals surface area contributed by atoms with E-state index in [4.69, 9.17) is 4.74 Å². The van der Waals surface area contributed by atoms with Crippen LogP contribution in [0.4, 0.5) is 0 Å². The Morgan fingerprint density at radius 2 is 2.00 bits per heavy atom. The van der Waals surface area contributed by atoms with Crippen molar-refractivity contribution in [3.63, 3.8) is 0 Å². The fraction of sp³-hybridized carbons (Fsp3) is 0.889. The van der Waals surface area contributed by atoms with E-state index in [0.717, 1.165) is 12.4 Å². The molecule has 0 radical (unpaired) electrons. The van der Waals surface area contributed by atoms with Gasteiger partial charge in [-0.25, -0.2) is 0 Å². The molecular formula is C9H19NOS. The molecule has 0 bridgehead atoms. The van der Waals surface area contributed by atoms with E-state index in [1.54, 1.807) is 0 Å². The zero-order chi connectivity index (χ0) is 9.45. The summed E-state index contributed by atoms with van der Waals surface area (Å²) < 4.78 is 5.66. The van der Waals surface area contributed by atoms with Crippen LogP contribution in [0, 0.1) is 0 Å². The van der Waals surface area contributed by atoms with Crippen LogP contribution in [-0.4, -0.2) is 37.0 Å². The molecule has 0 fully saturated rings. The first-order valence-electron chi connectivity index (χ1n) is 4.20. The fourth-order valence-electron chi connectivity index (χ4n) is 0.638. The highest BCUT2D eigenvalue weighted by molar-refractivity contribution is 8.00. The minimum atomic E-state index is 0.347. The van der Waals surface area contributed by atoms with E-state index < -0.39 is 0 Å². The molecule has 0 aromatic heterocycles. The van der Waals surface area contributed by atoms with Gasteiger partial charge in [-0.15, -0.1) is 0 Å². The summed E-state index contributed by atoms with van der Waals surface area (Å²) in [6.45, 7) is 12.2. The first-order valence-corrected chi connectivity index (χ1v) is 5.19. The highest BCUT2D eigenvalue weighted by Gasteiger charge is 2.08. The van der Waals surface area contributed by atoms with Crippen LogP contribution in [-0.2, 0) is 4.74 Å². The second-order valence-corrected chi connectivity index (χ2v) is 5.44. The zero-order valence-corrected chi connectivity index (χ0v) is 9.12. The summed E-state index contributed by atoms with van der Waals surface area (Å²) in [6, 6.07) is 0. The van der Waals surface area contributed by atoms with Crippen LogP contribution in [0.5, 0.6) is 0 Å². The Hall–Kier alpha value is -0.0200. The van der Waals surface area contributed by atoms with E-state index in [1.165, 1.54) is 0 Å². The third-order valence-corrected chi connectivity index (χ3v) is 2.39. The van der Waals surface area contributed by atoms with Crippen LogP contribution in [0.3, 0.4) is 0 Å². The largest absolute Gasteiger partial charge is 0.379 e. The second kappa shape index (κ2) is 6.49. The Balaban J connectivity index is 3.06. The molecule has 0 unspecified atom stereocenters. The molecule has 0 aromatic rings. The van der Waals surface area contributed by atoms with Crippen molar-refractivity contribution in [2.24, 2.45) is 4.99 Å². The minimum absolute atomic E-state index is 0.347. The average Bonchev–Trinajstić information content (AvgIpc) is 1.94. The van der Waals surface area contributed by atoms with E-state index in [1.807, 2.05) is 11.8 Å². The van der Waals surface area contributed by atoms with Gasteiger partial charge in [0.15, 0.2) is 0 Å². The molecule has 2 nitrogen and oxygen atoms in total. The maximum Gasteiger partial charge on any atom is 0.0662 e. The van der Waals surface area contributed by atoms with Crippen molar-refractivity contribution in [1.82, 2.24) is 0 Å². The van der Waals surface area contributed by atoms with Crippen LogP contribution in [0.2, 0.25) is 0 Å². The van der Waals surface area contributed by atoms with Gasteiger partial charge in [-0.05, 0) is 6.72 Å². The zero-order valence-electron chi connectivity index (χ0n) is 8.30. The third kappa shape index (κ3) is 9.98. The lowest BCUT2D eigenvalue weighted by Gasteiger charge is -2.16. The SMILES string of the molecule is C=NCCOCCSC(C)(C)C. The van der Waals surface area contributed by atoms with Gasteiger partial charge in [-0.2, -0.15) is 11.8 Å². The Morgan fingerprint density at radius 3 is 2.50 bits per heavy atom. The lowest BCUT2D eigenvalue weighted by atomic mass is 10.3. The number of thioether (sulfide) groups is 1. The summed E-state index contributed by atoms with van der Waals surface area (Å²) in [6.07, 6.45) is 0. The topological polar surface area (TPSA) is 21.6 Å². The van der Waals surface area contributed by atoms with Gasteiger partial charge >= 0.3 is 0 Å². The second-order valence-electron chi connectivity index (χ2n) is 3.52. The molecule has 0 N–H and O–H groups in total. The smallest absolute Gasteiger partial charge is 0.0662 e. The average molecular weight is 189 g/mol. The molecule has 0 aliphatic heterocycles. The molecule has 12 heavy (non-hydrogen) atoms. The quantitative estimate of drug-likeness (QED) is 0.472. The van der Waals surface area contributed by atoms with Gasteiger partial charge < -0.3 is 4.74 Å². The van der Waals surface area contributed by atoms with E-state index in [0.29, 0.717) is 17.9 Å². The molecular weight excluding hydrogens is 170 g/mol. The van der Waals surface area contributed by atoms with Crippen molar-refractivity contribution >= 4 is 18.5 Å². The van der Waals surface area contributed by atoms with E-state index in [9.17, 15) is 0 Å².